The Morgan fingerprint density at radius 2 is 1.76 bits per heavy atom. The normalized spacial score (nSPS) is 10.0. The lowest BCUT2D eigenvalue weighted by Gasteiger charge is -2.17. The first-order chi connectivity index (χ1) is 10.1. The minimum absolute atomic E-state index is 0.0619. The van der Waals surface area contributed by atoms with Gasteiger partial charge in [-0.1, -0.05) is 24.3 Å². The molecule has 0 atom stereocenters. The van der Waals surface area contributed by atoms with Crippen LogP contribution in [0.15, 0.2) is 48.5 Å². The Morgan fingerprint density at radius 3 is 2.43 bits per heavy atom. The Hall–Kier alpha value is -2.49. The fraction of sp³-hybridized carbons (Fsp3) is 0.235. The maximum atomic E-state index is 11.9. The molecule has 1 amide bonds. The lowest BCUT2D eigenvalue weighted by molar-refractivity contribution is -0.114. The van der Waals surface area contributed by atoms with Crippen molar-refractivity contribution in [3.05, 3.63) is 54.1 Å². The molecule has 0 spiro atoms. The van der Waals surface area contributed by atoms with Crippen LogP contribution in [0, 0.1) is 6.92 Å². The van der Waals surface area contributed by atoms with Crippen LogP contribution in [0.2, 0.25) is 0 Å². The number of hydrogen-bond acceptors (Lipinski definition) is 3. The minimum Gasteiger partial charge on any atom is -0.377 e. The zero-order chi connectivity index (χ0) is 15.2. The molecule has 0 bridgehead atoms. The molecule has 2 aromatic rings. The summed E-state index contributed by atoms with van der Waals surface area (Å²) >= 11 is 0. The summed E-state index contributed by atoms with van der Waals surface area (Å²) in [6.45, 7) is 2.31. The maximum Gasteiger partial charge on any atom is 0.243 e. The molecule has 0 fully saturated rings. The van der Waals surface area contributed by atoms with Gasteiger partial charge in [-0.3, -0.25) is 4.79 Å². The predicted octanol–water partition coefficient (Wildman–Crippen LogP) is 3.11. The average molecular weight is 283 g/mol. The highest BCUT2D eigenvalue weighted by atomic mass is 16.1. The minimum atomic E-state index is -0.0619. The second-order valence-electron chi connectivity index (χ2n) is 5.16. The van der Waals surface area contributed by atoms with Crippen LogP contribution in [0.1, 0.15) is 5.56 Å². The van der Waals surface area contributed by atoms with Gasteiger partial charge in [0, 0.05) is 31.2 Å². The van der Waals surface area contributed by atoms with Crippen LogP contribution in [0.5, 0.6) is 0 Å². The van der Waals surface area contributed by atoms with E-state index in [1.807, 2.05) is 62.6 Å². The summed E-state index contributed by atoms with van der Waals surface area (Å²) in [5, 5.41) is 6.00. The molecular weight excluding hydrogens is 262 g/mol. The Balaban J connectivity index is 1.94. The number of carbonyl (C=O) groups excluding carboxylic acids is 1. The second-order valence-corrected chi connectivity index (χ2v) is 5.16. The van der Waals surface area contributed by atoms with E-state index in [1.165, 1.54) is 5.56 Å². The van der Waals surface area contributed by atoms with Gasteiger partial charge in [-0.15, -0.1) is 0 Å². The van der Waals surface area contributed by atoms with Gasteiger partial charge in [0.25, 0.3) is 0 Å². The molecule has 0 heterocycles. The number of nitrogens with zero attached hydrogens (tertiary/aromatic N) is 1. The molecule has 0 aliphatic heterocycles. The standard InChI is InChI=1S/C17H21N3O/c1-13-9-10-15(11-16(13)20(2)3)18-12-17(21)19-14-7-5-4-6-8-14/h4-11,18H,12H2,1-3H3,(H,19,21). The number of anilines is 3. The van der Waals surface area contributed by atoms with Crippen LogP contribution in [0.3, 0.4) is 0 Å². The van der Waals surface area contributed by atoms with Crippen LogP contribution < -0.4 is 15.5 Å². The zero-order valence-corrected chi connectivity index (χ0v) is 12.7. The Labute approximate surface area is 125 Å². The van der Waals surface area contributed by atoms with E-state index in [1.54, 1.807) is 0 Å². The summed E-state index contributed by atoms with van der Waals surface area (Å²) in [4.78, 5) is 13.9. The number of nitrogens with one attached hydrogen (secondary N) is 2. The summed E-state index contributed by atoms with van der Waals surface area (Å²) in [6, 6.07) is 15.5. The van der Waals surface area contributed by atoms with Gasteiger partial charge in [0.1, 0.15) is 0 Å². The molecule has 2 rings (SSSR count). The Kier molecular flexibility index (Phi) is 4.82. The van der Waals surface area contributed by atoms with Crippen molar-refractivity contribution >= 4 is 23.0 Å². The first-order valence-electron chi connectivity index (χ1n) is 6.93. The van der Waals surface area contributed by atoms with Crippen molar-refractivity contribution in [2.24, 2.45) is 0 Å². The molecule has 0 saturated carbocycles. The number of carbonyl (C=O) groups is 1. The third-order valence-corrected chi connectivity index (χ3v) is 3.20. The van der Waals surface area contributed by atoms with Crippen LogP contribution in [-0.2, 0) is 4.79 Å². The van der Waals surface area contributed by atoms with Crippen molar-refractivity contribution in [1.82, 2.24) is 0 Å². The van der Waals surface area contributed by atoms with Gasteiger partial charge < -0.3 is 15.5 Å². The zero-order valence-electron chi connectivity index (χ0n) is 12.7. The van der Waals surface area contributed by atoms with Gasteiger partial charge >= 0.3 is 0 Å². The van der Waals surface area contributed by atoms with Crippen molar-refractivity contribution in [2.75, 3.05) is 36.2 Å². The highest BCUT2D eigenvalue weighted by molar-refractivity contribution is 5.93. The smallest absolute Gasteiger partial charge is 0.243 e. The van der Waals surface area contributed by atoms with Crippen LogP contribution in [0.4, 0.5) is 17.1 Å². The van der Waals surface area contributed by atoms with E-state index in [0.29, 0.717) is 0 Å². The van der Waals surface area contributed by atoms with E-state index in [2.05, 4.69) is 22.5 Å². The van der Waals surface area contributed by atoms with Crippen molar-refractivity contribution < 1.29 is 4.79 Å². The third-order valence-electron chi connectivity index (χ3n) is 3.20. The van der Waals surface area contributed by atoms with Crippen molar-refractivity contribution in [2.45, 2.75) is 6.92 Å². The SMILES string of the molecule is Cc1ccc(NCC(=O)Nc2ccccc2)cc1N(C)C. The van der Waals surface area contributed by atoms with Crippen LogP contribution in [-0.4, -0.2) is 26.5 Å². The number of rotatable bonds is 5. The van der Waals surface area contributed by atoms with Gasteiger partial charge in [0.2, 0.25) is 5.91 Å². The number of benzene rings is 2. The van der Waals surface area contributed by atoms with Crippen molar-refractivity contribution in [3.63, 3.8) is 0 Å². The largest absolute Gasteiger partial charge is 0.377 e. The molecule has 2 aromatic carbocycles. The van der Waals surface area contributed by atoms with Gasteiger partial charge in [0.05, 0.1) is 6.54 Å². The van der Waals surface area contributed by atoms with Crippen molar-refractivity contribution in [3.8, 4) is 0 Å². The molecule has 2 N–H and O–H groups in total. The fourth-order valence-corrected chi connectivity index (χ4v) is 2.11. The highest BCUT2D eigenvalue weighted by Crippen LogP contribution is 2.22. The van der Waals surface area contributed by atoms with E-state index in [0.717, 1.165) is 17.1 Å². The summed E-state index contributed by atoms with van der Waals surface area (Å²) in [5.74, 6) is -0.0619. The molecule has 0 aliphatic carbocycles. The van der Waals surface area contributed by atoms with E-state index >= 15 is 0 Å². The van der Waals surface area contributed by atoms with Crippen LogP contribution >= 0.6 is 0 Å². The summed E-state index contributed by atoms with van der Waals surface area (Å²) in [7, 11) is 4.02. The lowest BCUT2D eigenvalue weighted by Crippen LogP contribution is -2.21. The summed E-state index contributed by atoms with van der Waals surface area (Å²) in [5.41, 5.74) is 4.09. The van der Waals surface area contributed by atoms with E-state index in [9.17, 15) is 4.79 Å². The van der Waals surface area contributed by atoms with Crippen LogP contribution in [0.25, 0.3) is 0 Å². The molecule has 0 unspecified atom stereocenters. The third kappa shape index (κ3) is 4.24. The quantitative estimate of drug-likeness (QED) is 0.886. The monoisotopic (exact) mass is 283 g/mol. The molecular formula is C17H21N3O. The fourth-order valence-electron chi connectivity index (χ4n) is 2.11. The summed E-state index contributed by atoms with van der Waals surface area (Å²) in [6.07, 6.45) is 0. The molecule has 4 nitrogen and oxygen atoms in total. The Bertz CT molecular complexity index is 609. The molecule has 0 radical (unpaired) electrons. The highest BCUT2D eigenvalue weighted by Gasteiger charge is 2.05. The number of aryl methyl sites for hydroxylation is 1. The molecule has 0 aromatic heterocycles. The first-order valence-corrected chi connectivity index (χ1v) is 6.93. The van der Waals surface area contributed by atoms with Gasteiger partial charge in [0.15, 0.2) is 0 Å². The topological polar surface area (TPSA) is 44.4 Å². The van der Waals surface area contributed by atoms with E-state index in [-0.39, 0.29) is 12.5 Å². The average Bonchev–Trinajstić information content (AvgIpc) is 2.47. The second kappa shape index (κ2) is 6.79. The van der Waals surface area contributed by atoms with Gasteiger partial charge in [-0.2, -0.15) is 0 Å². The molecule has 0 aliphatic rings. The van der Waals surface area contributed by atoms with Gasteiger partial charge in [-0.25, -0.2) is 0 Å². The number of hydrogen-bond donors (Lipinski definition) is 2. The van der Waals surface area contributed by atoms with Gasteiger partial charge in [-0.05, 0) is 36.8 Å². The molecule has 21 heavy (non-hydrogen) atoms. The summed E-state index contributed by atoms with van der Waals surface area (Å²) < 4.78 is 0. The van der Waals surface area contributed by atoms with Crippen molar-refractivity contribution in [1.29, 1.82) is 0 Å². The molecule has 4 heteroatoms. The molecule has 110 valence electrons. The molecule has 0 saturated heterocycles. The Morgan fingerprint density at radius 1 is 1.05 bits per heavy atom. The van der Waals surface area contributed by atoms with E-state index < -0.39 is 0 Å². The first kappa shape index (κ1) is 14.9. The van der Waals surface area contributed by atoms with E-state index in [4.69, 9.17) is 0 Å². The number of amides is 1. The predicted molar refractivity (Wildman–Crippen MR) is 89.1 cm³/mol. The lowest BCUT2D eigenvalue weighted by atomic mass is 10.1. The number of para-hydroxylation sites is 1. The maximum absolute atomic E-state index is 11.9.